The number of halogens is 1. The van der Waals surface area contributed by atoms with E-state index in [1.807, 2.05) is 19.2 Å². The molecular formula is C12H16ClNO. The third kappa shape index (κ3) is 2.27. The maximum Gasteiger partial charge on any atom is 0.123 e. The van der Waals surface area contributed by atoms with Crippen LogP contribution >= 0.6 is 11.6 Å². The van der Waals surface area contributed by atoms with Gasteiger partial charge < -0.3 is 10.1 Å². The Balaban J connectivity index is 2.20. The Labute approximate surface area is 95.6 Å². The van der Waals surface area contributed by atoms with Gasteiger partial charge in [-0.05, 0) is 44.0 Å². The van der Waals surface area contributed by atoms with Crippen LogP contribution < -0.4 is 10.1 Å². The Morgan fingerprint density at radius 3 is 2.73 bits per heavy atom. The van der Waals surface area contributed by atoms with Gasteiger partial charge in [0.2, 0.25) is 0 Å². The largest absolute Gasteiger partial charge is 0.496 e. The Kier molecular flexibility index (Phi) is 2.89. The van der Waals surface area contributed by atoms with Crippen LogP contribution in [0.2, 0.25) is 5.02 Å². The molecule has 3 heteroatoms. The van der Waals surface area contributed by atoms with Crippen molar-refractivity contribution in [3.63, 3.8) is 0 Å². The molecule has 0 radical (unpaired) electrons. The SMILES string of the molecule is CNC1(Cc2ccc(Cl)cc2OC)CC1. The molecule has 1 saturated carbocycles. The summed E-state index contributed by atoms with van der Waals surface area (Å²) in [5.41, 5.74) is 1.54. The first-order valence-electron chi connectivity index (χ1n) is 5.20. The fourth-order valence-corrected chi connectivity index (χ4v) is 2.06. The molecule has 2 nitrogen and oxygen atoms in total. The van der Waals surface area contributed by atoms with Crippen molar-refractivity contribution in [2.24, 2.45) is 0 Å². The van der Waals surface area contributed by atoms with Crippen molar-refractivity contribution in [2.45, 2.75) is 24.8 Å². The van der Waals surface area contributed by atoms with Gasteiger partial charge in [-0.1, -0.05) is 17.7 Å². The van der Waals surface area contributed by atoms with Crippen LogP contribution in [0.4, 0.5) is 0 Å². The van der Waals surface area contributed by atoms with Crippen molar-refractivity contribution in [3.05, 3.63) is 28.8 Å². The second-order valence-corrected chi connectivity index (χ2v) is 4.60. The van der Waals surface area contributed by atoms with E-state index in [0.717, 1.165) is 17.2 Å². The zero-order chi connectivity index (χ0) is 10.9. The first-order chi connectivity index (χ1) is 7.19. The van der Waals surface area contributed by atoms with E-state index in [2.05, 4.69) is 11.4 Å². The molecule has 1 aromatic carbocycles. The first-order valence-corrected chi connectivity index (χ1v) is 5.58. The fourth-order valence-electron chi connectivity index (χ4n) is 1.90. The summed E-state index contributed by atoms with van der Waals surface area (Å²) in [4.78, 5) is 0. The summed E-state index contributed by atoms with van der Waals surface area (Å²) < 4.78 is 5.33. The molecule has 0 aliphatic heterocycles. The summed E-state index contributed by atoms with van der Waals surface area (Å²) in [5, 5.41) is 4.11. The van der Waals surface area contributed by atoms with Crippen LogP contribution in [0, 0.1) is 0 Å². The van der Waals surface area contributed by atoms with Crippen LogP contribution in [0.3, 0.4) is 0 Å². The van der Waals surface area contributed by atoms with Crippen LogP contribution in [0.5, 0.6) is 5.75 Å². The molecule has 0 unspecified atom stereocenters. The number of likely N-dealkylation sites (N-methyl/N-ethyl adjacent to an activating group) is 1. The summed E-state index contributed by atoms with van der Waals surface area (Å²) in [7, 11) is 3.71. The van der Waals surface area contributed by atoms with E-state index in [-0.39, 0.29) is 0 Å². The lowest BCUT2D eigenvalue weighted by atomic mass is 10.0. The zero-order valence-electron chi connectivity index (χ0n) is 9.14. The highest BCUT2D eigenvalue weighted by atomic mass is 35.5. The smallest absolute Gasteiger partial charge is 0.123 e. The third-order valence-corrected chi connectivity index (χ3v) is 3.40. The molecule has 1 fully saturated rings. The van der Waals surface area contributed by atoms with Crippen molar-refractivity contribution >= 4 is 11.6 Å². The van der Waals surface area contributed by atoms with Gasteiger partial charge in [0.05, 0.1) is 7.11 Å². The summed E-state index contributed by atoms with van der Waals surface area (Å²) in [6, 6.07) is 5.85. The van der Waals surface area contributed by atoms with Crippen molar-refractivity contribution < 1.29 is 4.74 Å². The number of rotatable bonds is 4. The lowest BCUT2D eigenvalue weighted by molar-refractivity contribution is 0.405. The lowest BCUT2D eigenvalue weighted by Gasteiger charge is -2.16. The maximum atomic E-state index is 5.92. The van der Waals surface area contributed by atoms with Crippen LogP contribution in [0.25, 0.3) is 0 Å². The quantitative estimate of drug-likeness (QED) is 0.851. The van der Waals surface area contributed by atoms with Gasteiger partial charge in [0.1, 0.15) is 5.75 Å². The molecule has 0 aromatic heterocycles. The van der Waals surface area contributed by atoms with Crippen LogP contribution in [-0.4, -0.2) is 19.7 Å². The summed E-state index contributed by atoms with van der Waals surface area (Å²) >= 11 is 5.92. The minimum atomic E-state index is 0.307. The number of methoxy groups -OCH3 is 1. The van der Waals surface area contributed by atoms with Gasteiger partial charge >= 0.3 is 0 Å². The highest BCUT2D eigenvalue weighted by molar-refractivity contribution is 6.30. The number of ether oxygens (including phenoxy) is 1. The highest BCUT2D eigenvalue weighted by Crippen LogP contribution is 2.40. The minimum Gasteiger partial charge on any atom is -0.496 e. The second-order valence-electron chi connectivity index (χ2n) is 4.16. The molecule has 82 valence electrons. The molecule has 0 amide bonds. The van der Waals surface area contributed by atoms with Gasteiger partial charge in [-0.25, -0.2) is 0 Å². The molecule has 0 heterocycles. The van der Waals surface area contributed by atoms with Crippen molar-refractivity contribution in [3.8, 4) is 5.75 Å². The monoisotopic (exact) mass is 225 g/mol. The van der Waals surface area contributed by atoms with Gasteiger partial charge in [-0.2, -0.15) is 0 Å². The van der Waals surface area contributed by atoms with E-state index in [4.69, 9.17) is 16.3 Å². The molecule has 1 N–H and O–H groups in total. The van der Waals surface area contributed by atoms with Crippen LogP contribution in [0.15, 0.2) is 18.2 Å². The van der Waals surface area contributed by atoms with Crippen LogP contribution in [0.1, 0.15) is 18.4 Å². The molecule has 0 atom stereocenters. The number of nitrogens with one attached hydrogen (secondary N) is 1. The predicted octanol–water partition coefficient (Wildman–Crippen LogP) is 2.64. The van der Waals surface area contributed by atoms with E-state index in [0.29, 0.717) is 5.54 Å². The molecule has 2 rings (SSSR count). The normalized spacial score (nSPS) is 17.5. The Hall–Kier alpha value is -0.730. The van der Waals surface area contributed by atoms with Gasteiger partial charge in [-0.15, -0.1) is 0 Å². The zero-order valence-corrected chi connectivity index (χ0v) is 9.90. The Morgan fingerprint density at radius 2 is 2.20 bits per heavy atom. The van der Waals surface area contributed by atoms with E-state index < -0.39 is 0 Å². The average Bonchev–Trinajstić information content (AvgIpc) is 3.01. The molecule has 1 aliphatic rings. The number of benzene rings is 1. The standard InChI is InChI=1S/C12H16ClNO/c1-14-12(5-6-12)8-9-3-4-10(13)7-11(9)15-2/h3-4,7,14H,5-6,8H2,1-2H3. The minimum absolute atomic E-state index is 0.307. The van der Waals surface area contributed by atoms with Crippen molar-refractivity contribution in [1.29, 1.82) is 0 Å². The fraction of sp³-hybridized carbons (Fsp3) is 0.500. The Morgan fingerprint density at radius 1 is 1.47 bits per heavy atom. The summed E-state index contributed by atoms with van der Waals surface area (Å²) in [6.07, 6.45) is 3.51. The summed E-state index contributed by atoms with van der Waals surface area (Å²) in [5.74, 6) is 0.893. The average molecular weight is 226 g/mol. The summed E-state index contributed by atoms with van der Waals surface area (Å²) in [6.45, 7) is 0. The van der Waals surface area contributed by atoms with E-state index in [9.17, 15) is 0 Å². The molecule has 0 bridgehead atoms. The van der Waals surface area contributed by atoms with Gasteiger partial charge in [0, 0.05) is 10.6 Å². The predicted molar refractivity (Wildman–Crippen MR) is 62.7 cm³/mol. The maximum absolute atomic E-state index is 5.92. The Bertz CT molecular complexity index is 361. The molecule has 0 spiro atoms. The number of hydrogen-bond donors (Lipinski definition) is 1. The molecule has 0 saturated heterocycles. The molecule has 1 aromatic rings. The lowest BCUT2D eigenvalue weighted by Crippen LogP contribution is -2.29. The first kappa shape index (κ1) is 10.8. The molecule has 1 aliphatic carbocycles. The molecule has 15 heavy (non-hydrogen) atoms. The van der Waals surface area contributed by atoms with E-state index in [1.165, 1.54) is 18.4 Å². The van der Waals surface area contributed by atoms with E-state index in [1.54, 1.807) is 7.11 Å². The van der Waals surface area contributed by atoms with Crippen molar-refractivity contribution in [2.75, 3.05) is 14.2 Å². The van der Waals surface area contributed by atoms with Gasteiger partial charge in [0.15, 0.2) is 0 Å². The topological polar surface area (TPSA) is 21.3 Å². The van der Waals surface area contributed by atoms with Gasteiger partial charge in [-0.3, -0.25) is 0 Å². The highest BCUT2D eigenvalue weighted by Gasteiger charge is 2.41. The third-order valence-electron chi connectivity index (χ3n) is 3.16. The van der Waals surface area contributed by atoms with Crippen molar-refractivity contribution in [1.82, 2.24) is 5.32 Å². The molecular weight excluding hydrogens is 210 g/mol. The van der Waals surface area contributed by atoms with E-state index >= 15 is 0 Å². The second kappa shape index (κ2) is 4.03. The van der Waals surface area contributed by atoms with Crippen LogP contribution in [-0.2, 0) is 6.42 Å². The van der Waals surface area contributed by atoms with Gasteiger partial charge in [0.25, 0.3) is 0 Å². The number of hydrogen-bond acceptors (Lipinski definition) is 2.